The van der Waals surface area contributed by atoms with Gasteiger partial charge in [0.15, 0.2) is 0 Å². The highest BCUT2D eigenvalue weighted by Gasteiger charge is 2.39. The molecular weight excluding hydrogens is 346 g/mol. The molecule has 2 N–H and O–H groups in total. The molecule has 2 aliphatic rings. The number of carboxylic acid groups (broad SMARTS) is 1. The van der Waals surface area contributed by atoms with E-state index in [1.54, 1.807) is 4.90 Å². The van der Waals surface area contributed by atoms with E-state index in [4.69, 9.17) is 5.11 Å². The number of benzene rings is 1. The Morgan fingerprint density at radius 3 is 2.52 bits per heavy atom. The Labute approximate surface area is 159 Å². The number of carbonyl (C=O) groups is 3. The fourth-order valence-corrected chi connectivity index (χ4v) is 3.85. The molecule has 7 nitrogen and oxygen atoms in total. The normalized spacial score (nSPS) is 24.8. The zero-order chi connectivity index (χ0) is 19.6. The van der Waals surface area contributed by atoms with E-state index in [9.17, 15) is 14.4 Å². The van der Waals surface area contributed by atoms with Crippen molar-refractivity contribution in [2.75, 3.05) is 24.5 Å². The third-order valence-electron chi connectivity index (χ3n) is 5.56. The first-order chi connectivity index (χ1) is 12.9. The second kappa shape index (κ2) is 8.08. The lowest BCUT2D eigenvalue weighted by Crippen LogP contribution is -2.55. The van der Waals surface area contributed by atoms with Gasteiger partial charge < -0.3 is 15.3 Å². The maximum atomic E-state index is 12.6. The van der Waals surface area contributed by atoms with Gasteiger partial charge in [-0.05, 0) is 38.4 Å². The van der Waals surface area contributed by atoms with Crippen LogP contribution < -0.4 is 10.2 Å². The highest BCUT2D eigenvalue weighted by Crippen LogP contribution is 2.28. The summed E-state index contributed by atoms with van der Waals surface area (Å²) in [5, 5.41) is 12.0. The maximum Gasteiger partial charge on any atom is 0.317 e. The van der Waals surface area contributed by atoms with Gasteiger partial charge in [0, 0.05) is 30.7 Å². The molecule has 0 aromatic heterocycles. The maximum absolute atomic E-state index is 12.6. The van der Waals surface area contributed by atoms with Crippen molar-refractivity contribution in [2.45, 2.75) is 45.2 Å². The Balaban J connectivity index is 1.49. The van der Waals surface area contributed by atoms with Crippen LogP contribution in [0.5, 0.6) is 0 Å². The summed E-state index contributed by atoms with van der Waals surface area (Å²) in [6, 6.07) is 8.00. The predicted octanol–water partition coefficient (Wildman–Crippen LogP) is 1.40. The monoisotopic (exact) mass is 373 g/mol. The fraction of sp³-hybridized carbons (Fsp3) is 0.550. The summed E-state index contributed by atoms with van der Waals surface area (Å²) in [5.74, 6) is -1.27. The Kier molecular flexibility index (Phi) is 5.79. The van der Waals surface area contributed by atoms with Crippen LogP contribution in [0, 0.1) is 12.8 Å². The second-order valence-corrected chi connectivity index (χ2v) is 7.53. The fourth-order valence-electron chi connectivity index (χ4n) is 3.85. The van der Waals surface area contributed by atoms with Crippen molar-refractivity contribution >= 4 is 23.5 Å². The smallest absolute Gasteiger partial charge is 0.317 e. The number of likely N-dealkylation sites (N-methyl/N-ethyl adjacent to an activating group) is 1. The number of amides is 2. The molecule has 2 fully saturated rings. The van der Waals surface area contributed by atoms with Crippen LogP contribution >= 0.6 is 0 Å². The second-order valence-electron chi connectivity index (χ2n) is 7.53. The Bertz CT molecular complexity index is 712. The van der Waals surface area contributed by atoms with Crippen LogP contribution in [0.1, 0.15) is 31.7 Å². The molecule has 0 bridgehead atoms. The molecule has 1 aromatic carbocycles. The SMILES string of the molecule is CCN(CC(=O)O)C1CC(NC(=O)C2CC(=O)N(c3ccc(C)cc3)C2)C1. The van der Waals surface area contributed by atoms with Gasteiger partial charge in [0.25, 0.3) is 0 Å². The highest BCUT2D eigenvalue weighted by atomic mass is 16.4. The molecule has 1 unspecified atom stereocenters. The molecule has 1 saturated carbocycles. The lowest BCUT2D eigenvalue weighted by molar-refractivity contribution is -0.140. The number of rotatable bonds is 7. The molecule has 1 heterocycles. The van der Waals surface area contributed by atoms with Gasteiger partial charge in [-0.2, -0.15) is 0 Å². The first-order valence-electron chi connectivity index (χ1n) is 9.50. The number of nitrogens with one attached hydrogen (secondary N) is 1. The molecule has 2 amide bonds. The van der Waals surface area contributed by atoms with Crippen LogP contribution in [0.4, 0.5) is 5.69 Å². The van der Waals surface area contributed by atoms with E-state index < -0.39 is 5.97 Å². The lowest BCUT2D eigenvalue weighted by Gasteiger charge is -2.42. The van der Waals surface area contributed by atoms with E-state index in [0.29, 0.717) is 13.1 Å². The summed E-state index contributed by atoms with van der Waals surface area (Å²) in [5.41, 5.74) is 1.96. The molecule has 1 saturated heterocycles. The molecule has 0 radical (unpaired) electrons. The number of aryl methyl sites for hydroxylation is 1. The Hall–Kier alpha value is -2.41. The third kappa shape index (κ3) is 4.47. The number of anilines is 1. The highest BCUT2D eigenvalue weighted by molar-refractivity contribution is 6.00. The summed E-state index contributed by atoms with van der Waals surface area (Å²) in [6.45, 7) is 5.06. The molecule has 146 valence electrons. The van der Waals surface area contributed by atoms with Crippen molar-refractivity contribution in [2.24, 2.45) is 5.92 Å². The van der Waals surface area contributed by atoms with Crippen LogP contribution in [-0.4, -0.2) is 59.5 Å². The number of carboxylic acids is 1. The molecule has 27 heavy (non-hydrogen) atoms. The molecule has 1 atom stereocenters. The lowest BCUT2D eigenvalue weighted by atomic mass is 9.85. The van der Waals surface area contributed by atoms with Crippen molar-refractivity contribution in [1.29, 1.82) is 0 Å². The van der Waals surface area contributed by atoms with E-state index in [1.165, 1.54) is 0 Å². The quantitative estimate of drug-likeness (QED) is 0.754. The van der Waals surface area contributed by atoms with Crippen molar-refractivity contribution in [3.05, 3.63) is 29.8 Å². The summed E-state index contributed by atoms with van der Waals surface area (Å²) in [7, 11) is 0. The van der Waals surface area contributed by atoms with Gasteiger partial charge in [0.05, 0.1) is 12.5 Å². The summed E-state index contributed by atoms with van der Waals surface area (Å²) < 4.78 is 0. The van der Waals surface area contributed by atoms with Gasteiger partial charge in [0.2, 0.25) is 11.8 Å². The van der Waals surface area contributed by atoms with Gasteiger partial charge in [-0.25, -0.2) is 0 Å². The predicted molar refractivity (Wildman–Crippen MR) is 101 cm³/mol. The molecule has 1 aliphatic heterocycles. The van der Waals surface area contributed by atoms with Crippen molar-refractivity contribution in [3.8, 4) is 0 Å². The third-order valence-corrected chi connectivity index (χ3v) is 5.56. The van der Waals surface area contributed by atoms with E-state index >= 15 is 0 Å². The molecule has 1 aromatic rings. The summed E-state index contributed by atoms with van der Waals surface area (Å²) in [4.78, 5) is 39.4. The Morgan fingerprint density at radius 2 is 1.93 bits per heavy atom. The number of hydrogen-bond donors (Lipinski definition) is 2. The van der Waals surface area contributed by atoms with Crippen LogP contribution in [0.2, 0.25) is 0 Å². The summed E-state index contributed by atoms with van der Waals surface area (Å²) >= 11 is 0. The number of carbonyl (C=O) groups excluding carboxylic acids is 2. The number of hydrogen-bond acceptors (Lipinski definition) is 4. The van der Waals surface area contributed by atoms with Gasteiger partial charge in [-0.15, -0.1) is 0 Å². The van der Waals surface area contributed by atoms with E-state index in [2.05, 4.69) is 5.32 Å². The van der Waals surface area contributed by atoms with Crippen LogP contribution in [-0.2, 0) is 14.4 Å². The molecular formula is C20H27N3O4. The average Bonchev–Trinajstić information content (AvgIpc) is 2.98. The van der Waals surface area contributed by atoms with Crippen LogP contribution in [0.3, 0.4) is 0 Å². The number of nitrogens with zero attached hydrogens (tertiary/aromatic N) is 2. The minimum Gasteiger partial charge on any atom is -0.480 e. The first-order valence-corrected chi connectivity index (χ1v) is 9.50. The van der Waals surface area contributed by atoms with E-state index in [0.717, 1.165) is 24.1 Å². The van der Waals surface area contributed by atoms with E-state index in [1.807, 2.05) is 43.0 Å². The first kappa shape index (κ1) is 19.4. The van der Waals surface area contributed by atoms with Gasteiger partial charge in [0.1, 0.15) is 0 Å². The number of aliphatic carboxylic acids is 1. The molecule has 3 rings (SSSR count). The van der Waals surface area contributed by atoms with Crippen molar-refractivity contribution in [3.63, 3.8) is 0 Å². The van der Waals surface area contributed by atoms with Crippen LogP contribution in [0.15, 0.2) is 24.3 Å². The molecule has 1 aliphatic carbocycles. The van der Waals surface area contributed by atoms with Crippen LogP contribution in [0.25, 0.3) is 0 Å². The topological polar surface area (TPSA) is 90.0 Å². The van der Waals surface area contributed by atoms with Gasteiger partial charge >= 0.3 is 5.97 Å². The van der Waals surface area contributed by atoms with E-state index in [-0.39, 0.29) is 42.8 Å². The molecule has 7 heteroatoms. The molecule has 0 spiro atoms. The minimum atomic E-state index is -0.829. The Morgan fingerprint density at radius 1 is 1.26 bits per heavy atom. The zero-order valence-corrected chi connectivity index (χ0v) is 15.9. The largest absolute Gasteiger partial charge is 0.480 e. The average molecular weight is 373 g/mol. The van der Waals surface area contributed by atoms with Gasteiger partial charge in [-0.1, -0.05) is 24.6 Å². The minimum absolute atomic E-state index is 0.0240. The van der Waals surface area contributed by atoms with Gasteiger partial charge in [-0.3, -0.25) is 19.3 Å². The summed E-state index contributed by atoms with van der Waals surface area (Å²) in [6.07, 6.45) is 1.75. The van der Waals surface area contributed by atoms with Crippen molar-refractivity contribution in [1.82, 2.24) is 10.2 Å². The standard InChI is InChI=1S/C20H27N3O4/c1-3-22(12-19(25)26)17-9-15(10-17)21-20(27)14-8-18(24)23(11-14)16-6-4-13(2)5-7-16/h4-7,14-15,17H,3,8-12H2,1-2H3,(H,21,27)(H,25,26). The zero-order valence-electron chi connectivity index (χ0n) is 15.9. The van der Waals surface area contributed by atoms with Crippen molar-refractivity contribution < 1.29 is 19.5 Å².